The summed E-state index contributed by atoms with van der Waals surface area (Å²) < 4.78 is 23.4. The van der Waals surface area contributed by atoms with E-state index in [1.807, 2.05) is 25.2 Å². The summed E-state index contributed by atoms with van der Waals surface area (Å²) in [5.41, 5.74) is 1.09. The van der Waals surface area contributed by atoms with Gasteiger partial charge in [-0.3, -0.25) is 0 Å². The van der Waals surface area contributed by atoms with Crippen LogP contribution in [0.25, 0.3) is 0 Å². The van der Waals surface area contributed by atoms with E-state index in [4.69, 9.17) is 0 Å². The summed E-state index contributed by atoms with van der Waals surface area (Å²) in [6.45, 7) is 2.31. The highest BCUT2D eigenvalue weighted by Gasteiger charge is 2.26. The predicted molar refractivity (Wildman–Crippen MR) is 82.5 cm³/mol. The van der Waals surface area contributed by atoms with Crippen LogP contribution in [0, 0.1) is 11.8 Å². The molecule has 0 spiro atoms. The van der Waals surface area contributed by atoms with Crippen molar-refractivity contribution < 1.29 is 8.42 Å². The van der Waals surface area contributed by atoms with Crippen molar-refractivity contribution in [3.05, 3.63) is 29.8 Å². The van der Waals surface area contributed by atoms with Crippen LogP contribution < -0.4 is 5.32 Å². The molecule has 1 aromatic carbocycles. The summed E-state index contributed by atoms with van der Waals surface area (Å²) in [7, 11) is -1.17. The first-order valence-corrected chi connectivity index (χ1v) is 9.28. The highest BCUT2D eigenvalue weighted by atomic mass is 32.2. The first kappa shape index (κ1) is 15.5. The van der Waals surface area contributed by atoms with Gasteiger partial charge in [0.2, 0.25) is 0 Å². The zero-order valence-electron chi connectivity index (χ0n) is 12.6. The minimum atomic E-state index is -3.13. The Kier molecular flexibility index (Phi) is 4.86. The standard InChI is InChI=1S/C16H25NO2S/c1-12-7-9-13(10-8-12)16(17-2)14-5-4-6-15(11-14)20(3,18)19/h4-6,11-13,16-17H,7-10H2,1-3H3. The van der Waals surface area contributed by atoms with Gasteiger partial charge in [0, 0.05) is 12.3 Å². The zero-order valence-corrected chi connectivity index (χ0v) is 13.4. The molecule has 1 aliphatic carbocycles. The molecule has 1 aromatic rings. The van der Waals surface area contributed by atoms with Crippen molar-refractivity contribution in [2.75, 3.05) is 13.3 Å². The monoisotopic (exact) mass is 295 g/mol. The molecule has 1 N–H and O–H groups in total. The van der Waals surface area contributed by atoms with Gasteiger partial charge in [0.25, 0.3) is 0 Å². The van der Waals surface area contributed by atoms with Crippen molar-refractivity contribution in [3.63, 3.8) is 0 Å². The van der Waals surface area contributed by atoms with E-state index in [0.29, 0.717) is 10.8 Å². The quantitative estimate of drug-likeness (QED) is 0.928. The van der Waals surface area contributed by atoms with Crippen molar-refractivity contribution in [2.24, 2.45) is 11.8 Å². The van der Waals surface area contributed by atoms with Crippen LogP contribution in [-0.2, 0) is 9.84 Å². The van der Waals surface area contributed by atoms with E-state index in [1.165, 1.54) is 31.9 Å². The maximum Gasteiger partial charge on any atom is 0.175 e. The molecule has 0 heterocycles. The second-order valence-corrected chi connectivity index (χ2v) is 8.15. The molecule has 1 unspecified atom stereocenters. The first-order chi connectivity index (χ1) is 9.41. The summed E-state index contributed by atoms with van der Waals surface area (Å²) in [6, 6.07) is 7.64. The maximum absolute atomic E-state index is 11.7. The van der Waals surface area contributed by atoms with Gasteiger partial charge in [-0.15, -0.1) is 0 Å². The SMILES string of the molecule is CNC(c1cccc(S(C)(=O)=O)c1)C1CCC(C)CC1. The summed E-state index contributed by atoms with van der Waals surface area (Å²) in [4.78, 5) is 0.416. The summed E-state index contributed by atoms with van der Waals surface area (Å²) >= 11 is 0. The predicted octanol–water partition coefficient (Wildman–Crippen LogP) is 3.18. The van der Waals surface area contributed by atoms with E-state index in [-0.39, 0.29) is 6.04 Å². The summed E-state index contributed by atoms with van der Waals surface area (Å²) in [6.07, 6.45) is 6.25. The van der Waals surface area contributed by atoms with Crippen molar-refractivity contribution in [3.8, 4) is 0 Å². The van der Waals surface area contributed by atoms with Crippen molar-refractivity contribution in [1.29, 1.82) is 0 Å². The van der Waals surface area contributed by atoms with Crippen molar-refractivity contribution >= 4 is 9.84 Å². The smallest absolute Gasteiger partial charge is 0.175 e. The topological polar surface area (TPSA) is 46.2 Å². The molecule has 1 aliphatic rings. The molecule has 1 atom stereocenters. The van der Waals surface area contributed by atoms with Gasteiger partial charge in [-0.25, -0.2) is 8.42 Å². The Morgan fingerprint density at radius 3 is 2.40 bits per heavy atom. The molecule has 20 heavy (non-hydrogen) atoms. The van der Waals surface area contributed by atoms with Crippen molar-refractivity contribution in [1.82, 2.24) is 5.32 Å². The van der Waals surface area contributed by atoms with E-state index in [9.17, 15) is 8.42 Å². The average molecular weight is 295 g/mol. The van der Waals surface area contributed by atoms with Gasteiger partial charge < -0.3 is 5.32 Å². The van der Waals surface area contributed by atoms with Crippen LogP contribution in [0.1, 0.15) is 44.2 Å². The first-order valence-electron chi connectivity index (χ1n) is 7.39. The number of hydrogen-bond acceptors (Lipinski definition) is 3. The van der Waals surface area contributed by atoms with Crippen molar-refractivity contribution in [2.45, 2.75) is 43.5 Å². The van der Waals surface area contributed by atoms with Gasteiger partial charge in [-0.05, 0) is 49.4 Å². The Balaban J connectivity index is 2.23. The van der Waals surface area contributed by atoms with Crippen LogP contribution in [0.2, 0.25) is 0 Å². The fraction of sp³-hybridized carbons (Fsp3) is 0.625. The minimum Gasteiger partial charge on any atom is -0.313 e. The normalized spacial score (nSPS) is 25.4. The molecule has 0 aromatic heterocycles. The summed E-state index contributed by atoms with van der Waals surface area (Å²) in [5.74, 6) is 1.43. The lowest BCUT2D eigenvalue weighted by atomic mass is 9.77. The molecule has 1 fully saturated rings. The third-order valence-electron chi connectivity index (χ3n) is 4.49. The Labute approximate surface area is 122 Å². The lowest BCUT2D eigenvalue weighted by Crippen LogP contribution is -2.28. The number of benzene rings is 1. The van der Waals surface area contributed by atoms with E-state index < -0.39 is 9.84 Å². The molecule has 4 heteroatoms. The fourth-order valence-corrected chi connectivity index (χ4v) is 3.91. The molecule has 2 rings (SSSR count). The molecule has 1 saturated carbocycles. The lowest BCUT2D eigenvalue weighted by molar-refractivity contribution is 0.238. The molecule has 0 aliphatic heterocycles. The van der Waals surface area contributed by atoms with Crippen LogP contribution in [0.3, 0.4) is 0 Å². The Bertz CT molecular complexity index is 545. The van der Waals surface area contributed by atoms with Crippen LogP contribution in [0.5, 0.6) is 0 Å². The molecular formula is C16H25NO2S. The van der Waals surface area contributed by atoms with E-state index in [2.05, 4.69) is 12.2 Å². The molecule has 3 nitrogen and oxygen atoms in total. The Hall–Kier alpha value is -0.870. The van der Waals surface area contributed by atoms with Gasteiger partial charge in [0.05, 0.1) is 4.90 Å². The van der Waals surface area contributed by atoms with Gasteiger partial charge in [-0.2, -0.15) is 0 Å². The van der Waals surface area contributed by atoms with Crippen LogP contribution in [0.4, 0.5) is 0 Å². The third-order valence-corrected chi connectivity index (χ3v) is 5.60. The Morgan fingerprint density at radius 2 is 1.85 bits per heavy atom. The minimum absolute atomic E-state index is 0.254. The number of nitrogens with one attached hydrogen (secondary N) is 1. The second-order valence-electron chi connectivity index (χ2n) is 6.13. The highest BCUT2D eigenvalue weighted by molar-refractivity contribution is 7.90. The van der Waals surface area contributed by atoms with Gasteiger partial charge >= 0.3 is 0 Å². The molecular weight excluding hydrogens is 270 g/mol. The van der Waals surface area contributed by atoms with E-state index in [0.717, 1.165) is 11.5 Å². The van der Waals surface area contributed by atoms with Crippen LogP contribution in [0.15, 0.2) is 29.2 Å². The van der Waals surface area contributed by atoms with E-state index in [1.54, 1.807) is 6.07 Å². The van der Waals surface area contributed by atoms with Crippen LogP contribution in [-0.4, -0.2) is 21.7 Å². The second kappa shape index (κ2) is 6.27. The molecule has 0 saturated heterocycles. The molecule has 0 radical (unpaired) electrons. The average Bonchev–Trinajstić information content (AvgIpc) is 2.41. The fourth-order valence-electron chi connectivity index (χ4n) is 3.23. The molecule has 0 amide bonds. The van der Waals surface area contributed by atoms with Gasteiger partial charge in [-0.1, -0.05) is 31.9 Å². The highest BCUT2D eigenvalue weighted by Crippen LogP contribution is 2.36. The Morgan fingerprint density at radius 1 is 1.20 bits per heavy atom. The number of sulfone groups is 1. The largest absolute Gasteiger partial charge is 0.313 e. The molecule has 0 bridgehead atoms. The maximum atomic E-state index is 11.7. The van der Waals surface area contributed by atoms with Gasteiger partial charge in [0.15, 0.2) is 9.84 Å². The third kappa shape index (κ3) is 3.61. The summed E-state index contributed by atoms with van der Waals surface area (Å²) in [5, 5.41) is 3.39. The molecule has 112 valence electrons. The van der Waals surface area contributed by atoms with Gasteiger partial charge in [0.1, 0.15) is 0 Å². The van der Waals surface area contributed by atoms with Crippen LogP contribution >= 0.6 is 0 Å². The zero-order chi connectivity index (χ0) is 14.8. The van der Waals surface area contributed by atoms with E-state index >= 15 is 0 Å². The number of hydrogen-bond donors (Lipinski definition) is 1. The number of rotatable bonds is 4. The lowest BCUT2D eigenvalue weighted by Gasteiger charge is -2.33.